The van der Waals surface area contributed by atoms with Crippen molar-refractivity contribution in [2.75, 3.05) is 13.2 Å². The van der Waals surface area contributed by atoms with Gasteiger partial charge in [0.25, 0.3) is 0 Å². The van der Waals surface area contributed by atoms with Crippen molar-refractivity contribution in [2.24, 2.45) is 5.92 Å². The van der Waals surface area contributed by atoms with Crippen LogP contribution in [-0.2, 0) is 11.2 Å². The molecule has 0 aliphatic heterocycles. The smallest absolute Gasteiger partial charge is 0.335 e. The number of halogens is 2. The Balaban J connectivity index is 1.40. The van der Waals surface area contributed by atoms with Gasteiger partial charge in [-0.2, -0.15) is 0 Å². The van der Waals surface area contributed by atoms with Crippen LogP contribution in [0.3, 0.4) is 0 Å². The fourth-order valence-corrected chi connectivity index (χ4v) is 4.97. The fourth-order valence-electron chi connectivity index (χ4n) is 4.85. The van der Waals surface area contributed by atoms with Crippen molar-refractivity contribution >= 4 is 17.6 Å². The Bertz CT molecular complexity index is 1290. The molecule has 38 heavy (non-hydrogen) atoms. The third kappa shape index (κ3) is 7.20. The third-order valence-corrected chi connectivity index (χ3v) is 7.31. The second-order valence-corrected chi connectivity index (χ2v) is 11.3. The number of carboxylic acid groups (broad SMARTS) is 1. The minimum absolute atomic E-state index is 0.103. The Kier molecular flexibility index (Phi) is 8.89. The molecular weight excluding hydrogens is 505 g/mol. The quantitative estimate of drug-likeness (QED) is 0.242. The van der Waals surface area contributed by atoms with E-state index in [1.54, 1.807) is 19.1 Å². The highest BCUT2D eigenvalue weighted by Gasteiger charge is 2.35. The Morgan fingerprint density at radius 2 is 1.89 bits per heavy atom. The summed E-state index contributed by atoms with van der Waals surface area (Å²) in [6, 6.07) is 18.2. The van der Waals surface area contributed by atoms with Gasteiger partial charge in [-0.15, -0.1) is 0 Å². The van der Waals surface area contributed by atoms with Crippen LogP contribution in [0.5, 0.6) is 0 Å². The van der Waals surface area contributed by atoms with Crippen LogP contribution in [0.4, 0.5) is 4.39 Å². The Morgan fingerprint density at radius 3 is 2.55 bits per heavy atom. The summed E-state index contributed by atoms with van der Waals surface area (Å²) >= 11 is 5.80. The topological polar surface area (TPSA) is 78.8 Å². The summed E-state index contributed by atoms with van der Waals surface area (Å²) in [6.07, 6.45) is 1.82. The SMILES string of the molecule is Cc1cc(-c2ccccc2C(OC[C@H](O)CNC(C)(C)Cc2ccc(Cl)c(F)c2)C2CC2)ccc1C(=O)O. The molecule has 7 heteroatoms. The second-order valence-electron chi connectivity index (χ2n) is 10.9. The molecule has 0 heterocycles. The second kappa shape index (κ2) is 12.0. The molecule has 2 atom stereocenters. The maximum absolute atomic E-state index is 13.8. The number of aliphatic hydroxyl groups excluding tert-OH is 1. The number of hydrogen-bond donors (Lipinski definition) is 3. The molecule has 0 amide bonds. The summed E-state index contributed by atoms with van der Waals surface area (Å²) in [4.78, 5) is 11.5. The standard InChI is InChI=1S/C31H35ClFNO4/c1-19-14-22(11-12-24(19)30(36)37)25-6-4-5-7-26(25)29(21-9-10-21)38-18-23(35)17-34-31(2,3)16-20-8-13-27(32)28(33)15-20/h4-8,11-15,21,23,29,34-35H,9-10,16-18H2,1-3H3,(H,36,37)/t23-,29?/m1/s1. The predicted molar refractivity (Wildman–Crippen MR) is 148 cm³/mol. The van der Waals surface area contributed by atoms with Gasteiger partial charge in [0.1, 0.15) is 5.82 Å². The van der Waals surface area contributed by atoms with Crippen LogP contribution in [0.15, 0.2) is 60.7 Å². The van der Waals surface area contributed by atoms with E-state index in [0.29, 0.717) is 30.0 Å². The lowest BCUT2D eigenvalue weighted by atomic mass is 9.92. The molecule has 4 rings (SSSR count). The summed E-state index contributed by atoms with van der Waals surface area (Å²) in [7, 11) is 0. The van der Waals surface area contributed by atoms with E-state index in [4.69, 9.17) is 16.3 Å². The van der Waals surface area contributed by atoms with Crippen molar-refractivity contribution in [3.8, 4) is 11.1 Å². The highest BCUT2D eigenvalue weighted by atomic mass is 35.5. The lowest BCUT2D eigenvalue weighted by Crippen LogP contribution is -2.46. The summed E-state index contributed by atoms with van der Waals surface area (Å²) in [5.41, 5.74) is 4.45. The number of carbonyl (C=O) groups is 1. The number of aromatic carboxylic acids is 1. The van der Waals surface area contributed by atoms with E-state index in [9.17, 15) is 19.4 Å². The molecule has 0 aromatic heterocycles. The lowest BCUT2D eigenvalue weighted by Gasteiger charge is -2.29. The predicted octanol–water partition coefficient (Wildman–Crippen LogP) is 6.59. The van der Waals surface area contributed by atoms with Crippen LogP contribution in [0.1, 0.15) is 59.8 Å². The first-order valence-corrected chi connectivity index (χ1v) is 13.3. The van der Waals surface area contributed by atoms with E-state index in [2.05, 4.69) is 11.4 Å². The highest BCUT2D eigenvalue weighted by molar-refractivity contribution is 6.30. The number of rotatable bonds is 12. The van der Waals surface area contributed by atoms with Crippen LogP contribution >= 0.6 is 11.6 Å². The van der Waals surface area contributed by atoms with E-state index in [1.165, 1.54) is 6.07 Å². The molecule has 1 unspecified atom stereocenters. The molecule has 1 aliphatic carbocycles. The zero-order valence-electron chi connectivity index (χ0n) is 22.0. The maximum atomic E-state index is 13.8. The Hall–Kier alpha value is -2.77. The van der Waals surface area contributed by atoms with Crippen LogP contribution in [0, 0.1) is 18.7 Å². The van der Waals surface area contributed by atoms with Crippen molar-refractivity contribution in [3.63, 3.8) is 0 Å². The largest absolute Gasteiger partial charge is 0.478 e. The zero-order valence-corrected chi connectivity index (χ0v) is 22.8. The van der Waals surface area contributed by atoms with Crippen LogP contribution in [0.2, 0.25) is 5.02 Å². The van der Waals surface area contributed by atoms with Gasteiger partial charge in [-0.1, -0.05) is 54.1 Å². The fraction of sp³-hybridized carbons (Fsp3) is 0.387. The average Bonchev–Trinajstić information content (AvgIpc) is 3.70. The van der Waals surface area contributed by atoms with Gasteiger partial charge in [-0.25, -0.2) is 9.18 Å². The minimum Gasteiger partial charge on any atom is -0.478 e. The van der Waals surface area contributed by atoms with Gasteiger partial charge in [-0.05, 0) is 92.0 Å². The van der Waals surface area contributed by atoms with E-state index in [1.807, 2.05) is 50.2 Å². The Labute approximate surface area is 228 Å². The van der Waals surface area contributed by atoms with E-state index < -0.39 is 17.9 Å². The number of nitrogens with one attached hydrogen (secondary N) is 1. The number of aliphatic hydroxyl groups is 1. The summed E-state index contributed by atoms with van der Waals surface area (Å²) in [5, 5.41) is 23.6. The van der Waals surface area contributed by atoms with Crippen molar-refractivity contribution in [3.05, 3.63) is 93.8 Å². The molecule has 3 aromatic carbocycles. The van der Waals surface area contributed by atoms with E-state index in [0.717, 1.165) is 35.1 Å². The van der Waals surface area contributed by atoms with Crippen LogP contribution in [-0.4, -0.2) is 41.0 Å². The first-order valence-electron chi connectivity index (χ1n) is 13.0. The van der Waals surface area contributed by atoms with Crippen molar-refractivity contribution in [1.82, 2.24) is 5.32 Å². The normalized spacial score (nSPS) is 15.3. The first kappa shape index (κ1) is 28.2. The summed E-state index contributed by atoms with van der Waals surface area (Å²) < 4.78 is 20.2. The van der Waals surface area contributed by atoms with Gasteiger partial charge in [0.2, 0.25) is 0 Å². The zero-order chi connectivity index (χ0) is 27.4. The van der Waals surface area contributed by atoms with Gasteiger partial charge >= 0.3 is 5.97 Å². The molecule has 1 aliphatic rings. The number of ether oxygens (including phenoxy) is 1. The molecule has 3 aromatic rings. The van der Waals surface area contributed by atoms with Gasteiger partial charge in [0, 0.05) is 12.1 Å². The van der Waals surface area contributed by atoms with Crippen molar-refractivity contribution in [2.45, 2.75) is 57.8 Å². The molecule has 0 spiro atoms. The third-order valence-electron chi connectivity index (χ3n) is 7.00. The highest BCUT2D eigenvalue weighted by Crippen LogP contribution is 2.46. The summed E-state index contributed by atoms with van der Waals surface area (Å²) in [6.45, 7) is 6.32. The van der Waals surface area contributed by atoms with Crippen molar-refractivity contribution in [1.29, 1.82) is 0 Å². The first-order chi connectivity index (χ1) is 18.0. The molecule has 202 valence electrons. The maximum Gasteiger partial charge on any atom is 0.335 e. The number of hydrogen-bond acceptors (Lipinski definition) is 4. The molecule has 5 nitrogen and oxygen atoms in total. The molecule has 0 saturated heterocycles. The number of carboxylic acids is 1. The molecule has 3 N–H and O–H groups in total. The molecule has 0 radical (unpaired) electrons. The van der Waals surface area contributed by atoms with Crippen molar-refractivity contribution < 1.29 is 24.1 Å². The number of aryl methyl sites for hydroxylation is 1. The number of benzene rings is 3. The van der Waals surface area contributed by atoms with Crippen LogP contribution < -0.4 is 5.32 Å². The van der Waals surface area contributed by atoms with Gasteiger partial charge in [0.05, 0.1) is 29.4 Å². The van der Waals surface area contributed by atoms with E-state index >= 15 is 0 Å². The molecule has 1 saturated carbocycles. The Morgan fingerprint density at radius 1 is 1.16 bits per heavy atom. The van der Waals surface area contributed by atoms with Gasteiger partial charge in [-0.3, -0.25) is 0 Å². The van der Waals surface area contributed by atoms with Gasteiger partial charge < -0.3 is 20.3 Å². The number of β-amino-alcohol motifs (C(OH)–C–C–N with tert-alkyl or cyclic N) is 1. The minimum atomic E-state index is -0.937. The molecular formula is C31H35ClFNO4. The molecule has 0 bridgehead atoms. The molecule has 1 fully saturated rings. The average molecular weight is 540 g/mol. The van der Waals surface area contributed by atoms with Crippen LogP contribution in [0.25, 0.3) is 11.1 Å². The summed E-state index contributed by atoms with van der Waals surface area (Å²) in [5.74, 6) is -0.993. The monoisotopic (exact) mass is 539 g/mol. The lowest BCUT2D eigenvalue weighted by molar-refractivity contribution is -0.0209. The van der Waals surface area contributed by atoms with Gasteiger partial charge in [0.15, 0.2) is 0 Å². The van der Waals surface area contributed by atoms with E-state index in [-0.39, 0.29) is 23.3 Å².